The molecule has 0 saturated heterocycles. The van der Waals surface area contributed by atoms with E-state index in [1.807, 2.05) is 38.6 Å². The van der Waals surface area contributed by atoms with E-state index >= 15 is 0 Å². The SMILES string of the molecule is Cn1ccnc1COc1cccc(F)c1C(C)(C)C. The molecule has 0 radical (unpaired) electrons. The summed E-state index contributed by atoms with van der Waals surface area (Å²) in [6.07, 6.45) is 3.57. The van der Waals surface area contributed by atoms with Crippen molar-refractivity contribution in [2.24, 2.45) is 7.05 Å². The van der Waals surface area contributed by atoms with Crippen LogP contribution < -0.4 is 4.74 Å². The number of benzene rings is 1. The van der Waals surface area contributed by atoms with Gasteiger partial charge in [0.1, 0.15) is 24.0 Å². The zero-order chi connectivity index (χ0) is 14.0. The normalized spacial score (nSPS) is 11.6. The highest BCUT2D eigenvalue weighted by Crippen LogP contribution is 2.33. The molecule has 2 aromatic rings. The zero-order valence-electron chi connectivity index (χ0n) is 11.8. The average molecular weight is 262 g/mol. The van der Waals surface area contributed by atoms with Gasteiger partial charge in [-0.25, -0.2) is 9.37 Å². The van der Waals surface area contributed by atoms with Gasteiger partial charge in [0.15, 0.2) is 0 Å². The molecule has 4 heteroatoms. The first kappa shape index (κ1) is 13.6. The third kappa shape index (κ3) is 2.95. The van der Waals surface area contributed by atoms with E-state index in [4.69, 9.17) is 4.74 Å². The number of rotatable bonds is 3. The van der Waals surface area contributed by atoms with Gasteiger partial charge in [-0.05, 0) is 17.5 Å². The topological polar surface area (TPSA) is 27.1 Å². The molecule has 0 aliphatic carbocycles. The van der Waals surface area contributed by atoms with Crippen molar-refractivity contribution in [2.45, 2.75) is 32.8 Å². The lowest BCUT2D eigenvalue weighted by molar-refractivity contribution is 0.281. The van der Waals surface area contributed by atoms with Gasteiger partial charge in [-0.3, -0.25) is 0 Å². The summed E-state index contributed by atoms with van der Waals surface area (Å²) in [5.41, 5.74) is 0.298. The van der Waals surface area contributed by atoms with E-state index in [2.05, 4.69) is 4.98 Å². The molecule has 0 saturated carbocycles. The molecular weight excluding hydrogens is 243 g/mol. The number of aryl methyl sites for hydroxylation is 1. The van der Waals surface area contributed by atoms with Crippen LogP contribution in [0.3, 0.4) is 0 Å². The van der Waals surface area contributed by atoms with Gasteiger partial charge < -0.3 is 9.30 Å². The van der Waals surface area contributed by atoms with Gasteiger partial charge in [-0.15, -0.1) is 0 Å². The van der Waals surface area contributed by atoms with Gasteiger partial charge in [-0.1, -0.05) is 26.8 Å². The quantitative estimate of drug-likeness (QED) is 0.847. The van der Waals surface area contributed by atoms with E-state index in [9.17, 15) is 4.39 Å². The van der Waals surface area contributed by atoms with Crippen LogP contribution in [0.2, 0.25) is 0 Å². The minimum Gasteiger partial charge on any atom is -0.485 e. The molecule has 0 unspecified atom stereocenters. The van der Waals surface area contributed by atoms with Crippen molar-refractivity contribution < 1.29 is 9.13 Å². The van der Waals surface area contributed by atoms with Gasteiger partial charge in [0, 0.05) is 25.0 Å². The summed E-state index contributed by atoms with van der Waals surface area (Å²) in [5.74, 6) is 1.16. The first-order valence-corrected chi connectivity index (χ1v) is 6.27. The minimum atomic E-state index is -0.303. The summed E-state index contributed by atoms with van der Waals surface area (Å²) in [6, 6.07) is 4.93. The average Bonchev–Trinajstić information content (AvgIpc) is 2.70. The van der Waals surface area contributed by atoms with E-state index in [1.165, 1.54) is 6.07 Å². The Morgan fingerprint density at radius 3 is 2.63 bits per heavy atom. The molecule has 19 heavy (non-hydrogen) atoms. The Bertz CT molecular complexity index is 570. The van der Waals surface area contributed by atoms with Gasteiger partial charge in [0.2, 0.25) is 0 Å². The second-order valence-corrected chi connectivity index (χ2v) is 5.61. The fraction of sp³-hybridized carbons (Fsp3) is 0.400. The maximum absolute atomic E-state index is 14.0. The fourth-order valence-electron chi connectivity index (χ4n) is 2.03. The second kappa shape index (κ2) is 5.03. The first-order chi connectivity index (χ1) is 8.89. The van der Waals surface area contributed by atoms with Crippen molar-refractivity contribution >= 4 is 0 Å². The van der Waals surface area contributed by atoms with E-state index < -0.39 is 0 Å². The highest BCUT2D eigenvalue weighted by molar-refractivity contribution is 5.39. The van der Waals surface area contributed by atoms with Crippen LogP contribution >= 0.6 is 0 Å². The monoisotopic (exact) mass is 262 g/mol. The molecule has 1 aromatic carbocycles. The van der Waals surface area contributed by atoms with Gasteiger partial charge in [0.25, 0.3) is 0 Å². The Kier molecular flexibility index (Phi) is 3.60. The number of imidazole rings is 1. The first-order valence-electron chi connectivity index (χ1n) is 6.27. The molecule has 1 aromatic heterocycles. The molecule has 0 spiro atoms. The molecule has 1 heterocycles. The zero-order valence-corrected chi connectivity index (χ0v) is 11.8. The van der Waals surface area contributed by atoms with Gasteiger partial charge >= 0.3 is 0 Å². The molecule has 0 bridgehead atoms. The largest absolute Gasteiger partial charge is 0.485 e. The summed E-state index contributed by atoms with van der Waals surface area (Å²) in [6.45, 7) is 6.24. The highest BCUT2D eigenvalue weighted by atomic mass is 19.1. The van der Waals surface area contributed by atoms with Crippen LogP contribution in [0, 0.1) is 5.82 Å². The van der Waals surface area contributed by atoms with Crippen molar-refractivity contribution in [3.8, 4) is 5.75 Å². The molecule has 0 aliphatic heterocycles. The standard InChI is InChI=1S/C15H19FN2O/c1-15(2,3)14-11(16)6-5-7-12(14)19-10-13-17-8-9-18(13)4/h5-9H,10H2,1-4H3. The number of ether oxygens (including phenoxy) is 1. The van der Waals surface area contributed by atoms with Crippen molar-refractivity contribution in [1.29, 1.82) is 0 Å². The fourth-order valence-corrected chi connectivity index (χ4v) is 2.03. The van der Waals surface area contributed by atoms with Gasteiger partial charge in [0.05, 0.1) is 0 Å². The van der Waals surface area contributed by atoms with E-state index in [-0.39, 0.29) is 11.2 Å². The highest BCUT2D eigenvalue weighted by Gasteiger charge is 2.23. The van der Waals surface area contributed by atoms with E-state index in [1.54, 1.807) is 18.3 Å². The maximum atomic E-state index is 14.0. The smallest absolute Gasteiger partial charge is 0.146 e. The Morgan fingerprint density at radius 2 is 2.05 bits per heavy atom. The van der Waals surface area contributed by atoms with Crippen LogP contribution in [0.4, 0.5) is 4.39 Å². The maximum Gasteiger partial charge on any atom is 0.146 e. The third-order valence-corrected chi connectivity index (χ3v) is 3.00. The van der Waals surface area contributed by atoms with Crippen LogP contribution in [-0.2, 0) is 19.1 Å². The second-order valence-electron chi connectivity index (χ2n) is 5.61. The number of hydrogen-bond donors (Lipinski definition) is 0. The lowest BCUT2D eigenvalue weighted by atomic mass is 9.86. The van der Waals surface area contributed by atoms with Crippen LogP contribution in [0.25, 0.3) is 0 Å². The lowest BCUT2D eigenvalue weighted by Crippen LogP contribution is -2.16. The molecule has 102 valence electrons. The number of halogens is 1. The summed E-state index contributed by atoms with van der Waals surface area (Å²) in [7, 11) is 1.90. The Hall–Kier alpha value is -1.84. The molecule has 0 aliphatic rings. The van der Waals surface area contributed by atoms with E-state index in [0.29, 0.717) is 17.9 Å². The molecule has 0 atom stereocenters. The minimum absolute atomic E-state index is 0.232. The molecule has 2 rings (SSSR count). The number of nitrogens with zero attached hydrogens (tertiary/aromatic N) is 2. The molecular formula is C15H19FN2O. The van der Waals surface area contributed by atoms with Crippen LogP contribution in [-0.4, -0.2) is 9.55 Å². The molecule has 0 N–H and O–H groups in total. The predicted octanol–water partition coefficient (Wildman–Crippen LogP) is 3.44. The van der Waals surface area contributed by atoms with Crippen LogP contribution in [0.15, 0.2) is 30.6 Å². The summed E-state index contributed by atoms with van der Waals surface area (Å²) in [5, 5.41) is 0. The van der Waals surface area contributed by atoms with Crippen LogP contribution in [0.5, 0.6) is 5.75 Å². The Labute approximate surface area is 113 Å². The lowest BCUT2D eigenvalue weighted by Gasteiger charge is -2.23. The predicted molar refractivity (Wildman–Crippen MR) is 72.6 cm³/mol. The summed E-state index contributed by atoms with van der Waals surface area (Å²) in [4.78, 5) is 4.19. The Balaban J connectivity index is 2.26. The van der Waals surface area contributed by atoms with Crippen molar-refractivity contribution in [3.05, 3.63) is 47.8 Å². The molecule has 0 fully saturated rings. The Morgan fingerprint density at radius 1 is 1.32 bits per heavy atom. The van der Waals surface area contributed by atoms with Crippen molar-refractivity contribution in [1.82, 2.24) is 9.55 Å². The third-order valence-electron chi connectivity index (χ3n) is 3.00. The van der Waals surface area contributed by atoms with Gasteiger partial charge in [-0.2, -0.15) is 0 Å². The summed E-state index contributed by atoms with van der Waals surface area (Å²) < 4.78 is 21.6. The van der Waals surface area contributed by atoms with Crippen LogP contribution in [0.1, 0.15) is 32.2 Å². The number of hydrogen-bond acceptors (Lipinski definition) is 2. The number of aromatic nitrogens is 2. The molecule has 0 amide bonds. The van der Waals surface area contributed by atoms with Crippen molar-refractivity contribution in [2.75, 3.05) is 0 Å². The molecule has 3 nitrogen and oxygen atoms in total. The van der Waals surface area contributed by atoms with E-state index in [0.717, 1.165) is 5.82 Å². The summed E-state index contributed by atoms with van der Waals surface area (Å²) >= 11 is 0. The van der Waals surface area contributed by atoms with Crippen molar-refractivity contribution in [3.63, 3.8) is 0 Å².